The van der Waals surface area contributed by atoms with Gasteiger partial charge in [0.2, 0.25) is 10.0 Å². The molecule has 1 aliphatic heterocycles. The van der Waals surface area contributed by atoms with Crippen molar-refractivity contribution in [3.63, 3.8) is 0 Å². The van der Waals surface area contributed by atoms with E-state index in [1.807, 2.05) is 13.8 Å². The van der Waals surface area contributed by atoms with E-state index in [1.165, 1.54) is 4.31 Å². The minimum absolute atomic E-state index is 0.00350. The van der Waals surface area contributed by atoms with E-state index in [9.17, 15) is 13.2 Å². The highest BCUT2D eigenvalue weighted by molar-refractivity contribution is 7.89. The molecule has 6 nitrogen and oxygen atoms in total. The number of rotatable bonds is 4. The van der Waals surface area contributed by atoms with Gasteiger partial charge in [-0.25, -0.2) is 8.42 Å². The normalized spacial score (nSPS) is 16.2. The van der Waals surface area contributed by atoms with Crippen molar-refractivity contribution in [2.75, 3.05) is 13.1 Å². The molecule has 3 rings (SSSR count). The predicted octanol–water partition coefficient (Wildman–Crippen LogP) is 2.66. The van der Waals surface area contributed by atoms with Gasteiger partial charge in [-0.15, -0.1) is 0 Å². The summed E-state index contributed by atoms with van der Waals surface area (Å²) in [6, 6.07) is 4.77. The lowest BCUT2D eigenvalue weighted by molar-refractivity contribution is 0.0916. The third kappa shape index (κ3) is 2.93. The third-order valence-corrected chi connectivity index (χ3v) is 6.13. The fourth-order valence-electron chi connectivity index (χ4n) is 2.98. The number of aryl methyl sites for hydroxylation is 1. The van der Waals surface area contributed by atoms with Gasteiger partial charge in [-0.2, -0.15) is 4.31 Å². The second kappa shape index (κ2) is 6.22. The Labute approximate surface area is 141 Å². The predicted molar refractivity (Wildman–Crippen MR) is 91.5 cm³/mol. The summed E-state index contributed by atoms with van der Waals surface area (Å²) >= 11 is 0. The van der Waals surface area contributed by atoms with E-state index in [1.54, 1.807) is 25.1 Å². The van der Waals surface area contributed by atoms with Gasteiger partial charge in [0, 0.05) is 30.1 Å². The van der Waals surface area contributed by atoms with Crippen molar-refractivity contribution in [3.05, 3.63) is 29.5 Å². The molecule has 2 heterocycles. The van der Waals surface area contributed by atoms with E-state index in [2.05, 4.69) is 5.32 Å². The van der Waals surface area contributed by atoms with E-state index in [0.717, 1.165) is 12.8 Å². The van der Waals surface area contributed by atoms with Gasteiger partial charge in [0.15, 0.2) is 5.76 Å². The highest BCUT2D eigenvalue weighted by Crippen LogP contribution is 2.29. The van der Waals surface area contributed by atoms with Crippen LogP contribution in [0.4, 0.5) is 0 Å². The van der Waals surface area contributed by atoms with Crippen molar-refractivity contribution in [2.24, 2.45) is 0 Å². The number of hydrogen-bond acceptors (Lipinski definition) is 4. The van der Waals surface area contributed by atoms with Crippen molar-refractivity contribution in [3.8, 4) is 0 Å². The number of nitrogens with one attached hydrogen (secondary N) is 1. The van der Waals surface area contributed by atoms with Crippen LogP contribution in [-0.2, 0) is 10.0 Å². The molecule has 130 valence electrons. The maximum absolute atomic E-state index is 12.7. The minimum Gasteiger partial charge on any atom is -0.451 e. The molecular weight excluding hydrogens is 328 g/mol. The number of carbonyl (C=O) groups is 1. The Morgan fingerprint density at radius 3 is 2.54 bits per heavy atom. The van der Waals surface area contributed by atoms with Crippen LogP contribution < -0.4 is 5.32 Å². The monoisotopic (exact) mass is 350 g/mol. The number of fused-ring (bicyclic) bond motifs is 1. The lowest BCUT2D eigenvalue weighted by atomic mass is 10.1. The lowest BCUT2D eigenvalue weighted by Crippen LogP contribution is -2.30. The number of amides is 1. The molecule has 0 atom stereocenters. The minimum atomic E-state index is -3.49. The summed E-state index contributed by atoms with van der Waals surface area (Å²) in [5.74, 6) is -0.0583. The fraction of sp³-hybridized carbons (Fsp3) is 0.471. The van der Waals surface area contributed by atoms with Crippen molar-refractivity contribution in [1.29, 1.82) is 0 Å². The van der Waals surface area contributed by atoms with Gasteiger partial charge in [-0.3, -0.25) is 4.79 Å². The van der Waals surface area contributed by atoms with Crippen molar-refractivity contribution in [2.45, 2.75) is 44.6 Å². The zero-order valence-corrected chi connectivity index (χ0v) is 14.9. The molecule has 0 bridgehead atoms. The molecule has 24 heavy (non-hydrogen) atoms. The highest BCUT2D eigenvalue weighted by Gasteiger charge is 2.28. The largest absolute Gasteiger partial charge is 0.451 e. The maximum atomic E-state index is 12.7. The number of sulfonamides is 1. The summed E-state index contributed by atoms with van der Waals surface area (Å²) in [6.07, 6.45) is 1.79. The standard InChI is InChI=1S/C17H22N2O4S/c1-11(2)18-17(20)16-12(3)14-10-13(6-7-15(14)23-16)24(21,22)19-8-4-5-9-19/h6-7,10-11H,4-5,8-9H2,1-3H3,(H,18,20). The summed E-state index contributed by atoms with van der Waals surface area (Å²) < 4.78 is 32.5. The van der Waals surface area contributed by atoms with E-state index in [4.69, 9.17) is 4.42 Å². The molecule has 0 unspecified atom stereocenters. The lowest BCUT2D eigenvalue weighted by Gasteiger charge is -2.15. The van der Waals surface area contributed by atoms with Crippen molar-refractivity contribution >= 4 is 26.9 Å². The first-order chi connectivity index (χ1) is 11.3. The molecule has 0 spiro atoms. The number of furan rings is 1. The van der Waals surface area contributed by atoms with Crippen LogP contribution >= 0.6 is 0 Å². The molecule has 1 amide bonds. The highest BCUT2D eigenvalue weighted by atomic mass is 32.2. The second-order valence-electron chi connectivity index (χ2n) is 6.45. The molecule has 1 aliphatic rings. The van der Waals surface area contributed by atoms with Gasteiger partial charge < -0.3 is 9.73 Å². The Balaban J connectivity index is 2.02. The molecule has 1 saturated heterocycles. The van der Waals surface area contributed by atoms with Crippen LogP contribution in [0.5, 0.6) is 0 Å². The first-order valence-corrected chi connectivity index (χ1v) is 9.59. The summed E-state index contributed by atoms with van der Waals surface area (Å²) in [7, 11) is -3.49. The smallest absolute Gasteiger partial charge is 0.287 e. The first kappa shape index (κ1) is 17.0. The van der Waals surface area contributed by atoms with E-state index >= 15 is 0 Å². The maximum Gasteiger partial charge on any atom is 0.287 e. The Bertz CT molecular complexity index is 877. The molecule has 0 aliphatic carbocycles. The molecular formula is C17H22N2O4S. The number of hydrogen-bond donors (Lipinski definition) is 1. The number of nitrogens with zero attached hydrogens (tertiary/aromatic N) is 1. The molecule has 1 fully saturated rings. The van der Waals surface area contributed by atoms with E-state index in [0.29, 0.717) is 29.6 Å². The van der Waals surface area contributed by atoms with Gasteiger partial charge in [0.1, 0.15) is 5.58 Å². The van der Waals surface area contributed by atoms with Gasteiger partial charge in [-0.05, 0) is 51.8 Å². The number of benzene rings is 1. The molecule has 1 aromatic heterocycles. The van der Waals surface area contributed by atoms with Gasteiger partial charge in [0.25, 0.3) is 5.91 Å². The van der Waals surface area contributed by atoms with Crippen LogP contribution in [0.25, 0.3) is 11.0 Å². The Kier molecular flexibility index (Phi) is 4.40. The summed E-state index contributed by atoms with van der Waals surface area (Å²) in [5.41, 5.74) is 1.17. The van der Waals surface area contributed by atoms with Crippen LogP contribution in [0.1, 0.15) is 42.8 Å². The van der Waals surface area contributed by atoms with Crippen molar-refractivity contribution in [1.82, 2.24) is 9.62 Å². The quantitative estimate of drug-likeness (QED) is 0.919. The van der Waals surface area contributed by atoms with Gasteiger partial charge >= 0.3 is 0 Å². The molecule has 7 heteroatoms. The fourth-order valence-corrected chi connectivity index (χ4v) is 4.53. The SMILES string of the molecule is Cc1c(C(=O)NC(C)C)oc2ccc(S(=O)(=O)N3CCCC3)cc12. The summed E-state index contributed by atoms with van der Waals surface area (Å²) in [4.78, 5) is 12.5. The molecule has 2 aromatic rings. The Hall–Kier alpha value is -1.86. The third-order valence-electron chi connectivity index (χ3n) is 4.24. The average molecular weight is 350 g/mol. The van der Waals surface area contributed by atoms with Gasteiger partial charge in [0.05, 0.1) is 4.90 Å². The molecule has 0 saturated carbocycles. The molecule has 1 N–H and O–H groups in total. The van der Waals surface area contributed by atoms with E-state index in [-0.39, 0.29) is 22.6 Å². The first-order valence-electron chi connectivity index (χ1n) is 8.15. The van der Waals surface area contributed by atoms with Crippen LogP contribution in [0.3, 0.4) is 0 Å². The summed E-state index contributed by atoms with van der Waals surface area (Å²) in [5, 5.41) is 3.45. The zero-order chi connectivity index (χ0) is 17.5. The van der Waals surface area contributed by atoms with Crippen LogP contribution in [0, 0.1) is 6.92 Å². The van der Waals surface area contributed by atoms with Crippen LogP contribution in [0.15, 0.2) is 27.5 Å². The molecule has 1 aromatic carbocycles. The van der Waals surface area contributed by atoms with Gasteiger partial charge in [-0.1, -0.05) is 0 Å². The molecule has 0 radical (unpaired) electrons. The average Bonchev–Trinajstić information content (AvgIpc) is 3.15. The Morgan fingerprint density at radius 2 is 1.92 bits per heavy atom. The second-order valence-corrected chi connectivity index (χ2v) is 8.39. The summed E-state index contributed by atoms with van der Waals surface area (Å²) in [6.45, 7) is 6.64. The zero-order valence-electron chi connectivity index (χ0n) is 14.1. The Morgan fingerprint density at radius 1 is 1.25 bits per heavy atom. The van der Waals surface area contributed by atoms with Crippen LogP contribution in [0.2, 0.25) is 0 Å². The topological polar surface area (TPSA) is 79.6 Å². The number of carbonyl (C=O) groups excluding carboxylic acids is 1. The van der Waals surface area contributed by atoms with E-state index < -0.39 is 10.0 Å². The van der Waals surface area contributed by atoms with Crippen LogP contribution in [-0.4, -0.2) is 37.8 Å². The van der Waals surface area contributed by atoms with Crippen molar-refractivity contribution < 1.29 is 17.6 Å².